The minimum Gasteiger partial charge on any atom is -0.462 e. The number of ether oxygens (including phenoxy) is 1. The van der Waals surface area contributed by atoms with E-state index in [0.29, 0.717) is 19.3 Å². The van der Waals surface area contributed by atoms with Gasteiger partial charge in [0.15, 0.2) is 0 Å². The Kier molecular flexibility index (Phi) is 49.6. The number of hydrogen-bond acceptors (Lipinski definition) is 5. The predicted octanol–water partition coefficient (Wildman–Crippen LogP) is 16.8. The Morgan fingerprint density at radius 2 is 0.844 bits per heavy atom. The minimum absolute atomic E-state index is 0.0655. The van der Waals surface area contributed by atoms with Crippen molar-refractivity contribution in [2.24, 2.45) is 0 Å². The second kappa shape index (κ2) is 51.5. The van der Waals surface area contributed by atoms with Crippen molar-refractivity contribution in [2.45, 2.75) is 289 Å². The molecule has 0 aliphatic rings. The Bertz CT molecular complexity index is 1140. The molecular formula is C58H105NO5. The summed E-state index contributed by atoms with van der Waals surface area (Å²) in [6.45, 7) is 6.37. The van der Waals surface area contributed by atoms with Gasteiger partial charge in [-0.3, -0.25) is 9.59 Å². The average molecular weight is 896 g/mol. The van der Waals surface area contributed by atoms with E-state index in [2.05, 4.69) is 86.8 Å². The van der Waals surface area contributed by atoms with Crippen LogP contribution in [0.2, 0.25) is 0 Å². The van der Waals surface area contributed by atoms with E-state index in [4.69, 9.17) is 4.74 Å². The summed E-state index contributed by atoms with van der Waals surface area (Å²) >= 11 is 0. The zero-order valence-electron chi connectivity index (χ0n) is 42.4. The van der Waals surface area contributed by atoms with Gasteiger partial charge in [-0.1, -0.05) is 248 Å². The number of hydrogen-bond donors (Lipinski definition) is 3. The molecule has 3 unspecified atom stereocenters. The number of aliphatic hydroxyl groups excluding tert-OH is 2. The van der Waals surface area contributed by atoms with Crippen LogP contribution in [0.3, 0.4) is 0 Å². The third-order valence-electron chi connectivity index (χ3n) is 12.4. The molecule has 372 valence electrons. The molecule has 1 amide bonds. The number of esters is 1. The van der Waals surface area contributed by atoms with E-state index in [9.17, 15) is 19.8 Å². The number of rotatable bonds is 49. The molecular weight excluding hydrogens is 791 g/mol. The first-order valence-corrected chi connectivity index (χ1v) is 27.5. The summed E-state index contributed by atoms with van der Waals surface area (Å²) in [6.07, 6.45) is 64.3. The van der Waals surface area contributed by atoms with Crippen LogP contribution in [-0.2, 0) is 14.3 Å². The lowest BCUT2D eigenvalue weighted by Gasteiger charge is -2.24. The number of amides is 1. The van der Waals surface area contributed by atoms with Gasteiger partial charge in [0.25, 0.3) is 0 Å². The molecule has 0 aliphatic carbocycles. The molecule has 0 saturated heterocycles. The van der Waals surface area contributed by atoms with Crippen LogP contribution >= 0.6 is 0 Å². The van der Waals surface area contributed by atoms with E-state index in [0.717, 1.165) is 89.9 Å². The zero-order chi connectivity index (χ0) is 46.7. The van der Waals surface area contributed by atoms with E-state index in [1.165, 1.54) is 135 Å². The third kappa shape index (κ3) is 46.1. The standard InChI is InChI=1S/C58H105NO5/c1-4-7-10-13-16-19-22-24-26-28-29-30-32-34-36-39-42-45-48-51-58(63)64-54(49-46-43-40-37-35-33-31-27-25-23-20-17-14-11-8-5-2)52-57(62)59-55(53-60)56(61)50-47-44-41-38-21-18-15-12-9-6-3/h7,10,16,19,24,26,29-30,34,36,54-56,60-61H,4-6,8-9,11-15,17-18,20-23,25,27-28,31-33,35,37-53H2,1-3H3,(H,59,62)/b10-7-,19-16-,26-24-,30-29-,36-34-. The van der Waals surface area contributed by atoms with Crippen LogP contribution in [0.5, 0.6) is 0 Å². The molecule has 6 nitrogen and oxygen atoms in total. The number of nitrogens with one attached hydrogen (secondary N) is 1. The van der Waals surface area contributed by atoms with Crippen LogP contribution < -0.4 is 5.32 Å². The van der Waals surface area contributed by atoms with Crippen LogP contribution in [0, 0.1) is 0 Å². The molecule has 0 saturated carbocycles. The lowest BCUT2D eigenvalue weighted by atomic mass is 10.0. The van der Waals surface area contributed by atoms with Gasteiger partial charge in [0, 0.05) is 6.42 Å². The van der Waals surface area contributed by atoms with Gasteiger partial charge < -0.3 is 20.3 Å². The van der Waals surface area contributed by atoms with Crippen LogP contribution in [0.15, 0.2) is 60.8 Å². The number of unbranched alkanes of at least 4 members (excludes halogenated alkanes) is 27. The van der Waals surface area contributed by atoms with Crippen molar-refractivity contribution >= 4 is 11.9 Å². The van der Waals surface area contributed by atoms with Crippen molar-refractivity contribution < 1.29 is 24.5 Å². The summed E-state index contributed by atoms with van der Waals surface area (Å²) in [4.78, 5) is 26.2. The highest BCUT2D eigenvalue weighted by atomic mass is 16.5. The molecule has 0 heterocycles. The van der Waals surface area contributed by atoms with E-state index in [-0.39, 0.29) is 24.9 Å². The maximum atomic E-state index is 13.2. The van der Waals surface area contributed by atoms with Gasteiger partial charge in [-0.25, -0.2) is 0 Å². The van der Waals surface area contributed by atoms with Gasteiger partial charge in [0.05, 0.1) is 25.2 Å². The molecule has 0 rings (SSSR count). The van der Waals surface area contributed by atoms with Gasteiger partial charge in [0.1, 0.15) is 6.10 Å². The van der Waals surface area contributed by atoms with Crippen LogP contribution in [0.1, 0.15) is 271 Å². The maximum absolute atomic E-state index is 13.2. The lowest BCUT2D eigenvalue weighted by Crippen LogP contribution is -2.46. The molecule has 0 bridgehead atoms. The monoisotopic (exact) mass is 896 g/mol. The summed E-state index contributed by atoms with van der Waals surface area (Å²) in [5.74, 6) is -0.503. The van der Waals surface area contributed by atoms with Crippen molar-refractivity contribution in [3.05, 3.63) is 60.8 Å². The number of carbonyl (C=O) groups is 2. The van der Waals surface area contributed by atoms with E-state index < -0.39 is 18.2 Å². The molecule has 0 fully saturated rings. The topological polar surface area (TPSA) is 95.9 Å². The highest BCUT2D eigenvalue weighted by molar-refractivity contribution is 5.77. The fraction of sp³-hybridized carbons (Fsp3) is 0.793. The fourth-order valence-corrected chi connectivity index (χ4v) is 8.22. The van der Waals surface area contributed by atoms with Crippen molar-refractivity contribution in [1.29, 1.82) is 0 Å². The van der Waals surface area contributed by atoms with Gasteiger partial charge in [-0.2, -0.15) is 0 Å². The van der Waals surface area contributed by atoms with Crippen molar-refractivity contribution in [1.82, 2.24) is 5.32 Å². The molecule has 0 aromatic heterocycles. The van der Waals surface area contributed by atoms with Crippen molar-refractivity contribution in [3.8, 4) is 0 Å². The van der Waals surface area contributed by atoms with Gasteiger partial charge >= 0.3 is 5.97 Å². The molecule has 0 radical (unpaired) electrons. The molecule has 3 N–H and O–H groups in total. The Morgan fingerprint density at radius 3 is 1.27 bits per heavy atom. The van der Waals surface area contributed by atoms with Crippen molar-refractivity contribution in [3.63, 3.8) is 0 Å². The second-order valence-corrected chi connectivity index (χ2v) is 18.6. The molecule has 6 heteroatoms. The quantitative estimate of drug-likeness (QED) is 0.0321. The van der Waals surface area contributed by atoms with E-state index in [1.54, 1.807) is 0 Å². The normalized spacial score (nSPS) is 13.6. The highest BCUT2D eigenvalue weighted by Gasteiger charge is 2.24. The van der Waals surface area contributed by atoms with Gasteiger partial charge in [-0.15, -0.1) is 0 Å². The first-order valence-electron chi connectivity index (χ1n) is 27.5. The number of allylic oxidation sites excluding steroid dienone is 10. The van der Waals surface area contributed by atoms with Crippen LogP contribution in [0.4, 0.5) is 0 Å². The largest absolute Gasteiger partial charge is 0.462 e. The SMILES string of the molecule is CC/C=C\C/C=C\C/C=C\C/C=C\C/C=C\CCCCCC(=O)OC(CCCCCCCCCCCCCCCCCC)CC(=O)NC(CO)C(O)CCCCCCCCCCCC. The van der Waals surface area contributed by atoms with Crippen LogP contribution in [-0.4, -0.2) is 46.9 Å². The smallest absolute Gasteiger partial charge is 0.306 e. The van der Waals surface area contributed by atoms with Crippen LogP contribution in [0.25, 0.3) is 0 Å². The minimum atomic E-state index is -0.793. The summed E-state index contributed by atoms with van der Waals surface area (Å²) in [7, 11) is 0. The number of aliphatic hydroxyl groups is 2. The molecule has 3 atom stereocenters. The Morgan fingerprint density at radius 1 is 0.469 bits per heavy atom. The van der Waals surface area contributed by atoms with E-state index >= 15 is 0 Å². The number of carbonyl (C=O) groups excluding carboxylic acids is 2. The molecule has 0 aromatic carbocycles. The first-order chi connectivity index (χ1) is 31.5. The summed E-state index contributed by atoms with van der Waals surface area (Å²) in [5, 5.41) is 23.8. The summed E-state index contributed by atoms with van der Waals surface area (Å²) in [6, 6.07) is -0.707. The second-order valence-electron chi connectivity index (χ2n) is 18.6. The Labute approximate surface area is 397 Å². The molecule has 64 heavy (non-hydrogen) atoms. The predicted molar refractivity (Wildman–Crippen MR) is 278 cm³/mol. The fourth-order valence-electron chi connectivity index (χ4n) is 8.22. The average Bonchev–Trinajstić information content (AvgIpc) is 3.29. The van der Waals surface area contributed by atoms with Gasteiger partial charge in [0.2, 0.25) is 5.91 Å². The molecule has 0 aromatic rings. The molecule has 0 spiro atoms. The lowest BCUT2D eigenvalue weighted by molar-refractivity contribution is -0.151. The molecule has 0 aliphatic heterocycles. The summed E-state index contributed by atoms with van der Waals surface area (Å²) in [5.41, 5.74) is 0. The Hall–Kier alpha value is -2.44. The first kappa shape index (κ1) is 61.6. The highest BCUT2D eigenvalue weighted by Crippen LogP contribution is 2.18. The van der Waals surface area contributed by atoms with E-state index in [1.807, 2.05) is 0 Å². The maximum Gasteiger partial charge on any atom is 0.306 e. The van der Waals surface area contributed by atoms with Crippen molar-refractivity contribution in [2.75, 3.05) is 6.61 Å². The Balaban J connectivity index is 4.61. The zero-order valence-corrected chi connectivity index (χ0v) is 42.4. The third-order valence-corrected chi connectivity index (χ3v) is 12.4. The summed E-state index contributed by atoms with van der Waals surface area (Å²) < 4.78 is 5.94. The van der Waals surface area contributed by atoms with Gasteiger partial charge in [-0.05, 0) is 70.6 Å².